The Hall–Kier alpha value is -0.630. The van der Waals surface area contributed by atoms with E-state index in [1.54, 1.807) is 18.8 Å². The Kier molecular flexibility index (Phi) is 6.25. The molecule has 0 spiro atoms. The third-order valence-electron chi connectivity index (χ3n) is 2.63. The Bertz CT molecular complexity index is 533. The van der Waals surface area contributed by atoms with Crippen molar-refractivity contribution in [3.63, 3.8) is 0 Å². The van der Waals surface area contributed by atoms with Crippen molar-refractivity contribution >= 4 is 21.8 Å². The van der Waals surface area contributed by atoms with Crippen molar-refractivity contribution in [2.24, 2.45) is 0 Å². The first kappa shape index (κ1) is 16.4. The van der Waals surface area contributed by atoms with Gasteiger partial charge in [-0.15, -0.1) is 0 Å². The fourth-order valence-electron chi connectivity index (χ4n) is 1.65. The van der Waals surface area contributed by atoms with Gasteiger partial charge in [0, 0.05) is 24.4 Å². The van der Waals surface area contributed by atoms with Crippen LogP contribution >= 0.6 is 11.8 Å². The molecule has 1 aromatic carbocycles. The van der Waals surface area contributed by atoms with E-state index in [1.807, 2.05) is 6.26 Å². The minimum Gasteiger partial charge on any atom is -0.316 e. The van der Waals surface area contributed by atoms with Crippen molar-refractivity contribution in [3.05, 3.63) is 29.1 Å². The van der Waals surface area contributed by atoms with E-state index in [4.69, 9.17) is 0 Å². The van der Waals surface area contributed by atoms with Gasteiger partial charge in [-0.25, -0.2) is 17.5 Å². The van der Waals surface area contributed by atoms with Crippen LogP contribution < -0.4 is 10.0 Å². The first-order valence-electron chi connectivity index (χ1n) is 5.84. The normalized spacial score (nSPS) is 11.8. The topological polar surface area (TPSA) is 58.2 Å². The van der Waals surface area contributed by atoms with Crippen LogP contribution in [0.5, 0.6) is 0 Å². The molecule has 0 aromatic heterocycles. The summed E-state index contributed by atoms with van der Waals surface area (Å²) in [6.07, 6.45) is 1.90. The molecule has 108 valence electrons. The fraction of sp³-hybridized carbons (Fsp3) is 0.500. The van der Waals surface area contributed by atoms with Gasteiger partial charge in [0.05, 0.1) is 4.90 Å². The Balaban J connectivity index is 3.10. The molecule has 0 heterocycles. The van der Waals surface area contributed by atoms with Crippen molar-refractivity contribution < 1.29 is 12.8 Å². The summed E-state index contributed by atoms with van der Waals surface area (Å²) in [4.78, 5) is 0.0128. The zero-order valence-electron chi connectivity index (χ0n) is 11.3. The molecule has 0 bridgehead atoms. The average Bonchev–Trinajstić information content (AvgIpc) is 2.34. The van der Waals surface area contributed by atoms with Crippen LogP contribution in [0.25, 0.3) is 0 Å². The van der Waals surface area contributed by atoms with Gasteiger partial charge in [0.15, 0.2) is 0 Å². The number of sulfonamides is 1. The highest BCUT2D eigenvalue weighted by atomic mass is 32.2. The van der Waals surface area contributed by atoms with Gasteiger partial charge in [0.2, 0.25) is 10.0 Å². The van der Waals surface area contributed by atoms with Crippen molar-refractivity contribution in [1.82, 2.24) is 10.0 Å². The van der Waals surface area contributed by atoms with Crippen molar-refractivity contribution in [2.75, 3.05) is 25.6 Å². The van der Waals surface area contributed by atoms with Crippen LogP contribution in [-0.2, 0) is 16.6 Å². The van der Waals surface area contributed by atoms with Gasteiger partial charge in [0.1, 0.15) is 5.82 Å². The second-order valence-corrected chi connectivity index (χ2v) is 6.84. The lowest BCUT2D eigenvalue weighted by Gasteiger charge is -2.12. The molecule has 0 amide bonds. The summed E-state index contributed by atoms with van der Waals surface area (Å²) >= 11 is 1.55. The van der Waals surface area contributed by atoms with E-state index in [-0.39, 0.29) is 10.5 Å². The van der Waals surface area contributed by atoms with Gasteiger partial charge in [-0.3, -0.25) is 0 Å². The van der Waals surface area contributed by atoms with Gasteiger partial charge in [0.25, 0.3) is 0 Å². The second kappa shape index (κ2) is 7.23. The van der Waals surface area contributed by atoms with E-state index < -0.39 is 15.8 Å². The van der Waals surface area contributed by atoms with Crippen molar-refractivity contribution in [3.8, 4) is 0 Å². The molecule has 0 aliphatic carbocycles. The summed E-state index contributed by atoms with van der Waals surface area (Å²) in [6.45, 7) is 2.23. The van der Waals surface area contributed by atoms with Crippen LogP contribution in [0.3, 0.4) is 0 Å². The van der Waals surface area contributed by atoms with Gasteiger partial charge in [-0.05, 0) is 37.9 Å². The lowest BCUT2D eigenvalue weighted by Crippen LogP contribution is -2.27. The van der Waals surface area contributed by atoms with Gasteiger partial charge >= 0.3 is 0 Å². The SMILES string of the molecule is CNCc1cc(F)c(C)c(S(=O)(=O)NCCSC)c1. The maximum absolute atomic E-state index is 13.8. The third-order valence-corrected chi connectivity index (χ3v) is 4.82. The van der Waals surface area contributed by atoms with Crippen molar-refractivity contribution in [2.45, 2.75) is 18.4 Å². The molecule has 0 radical (unpaired) electrons. The molecular formula is C12H19FN2O2S2. The maximum atomic E-state index is 13.8. The molecule has 0 aliphatic heterocycles. The quantitative estimate of drug-likeness (QED) is 0.750. The molecule has 0 atom stereocenters. The van der Waals surface area contributed by atoms with Gasteiger partial charge in [-0.2, -0.15) is 11.8 Å². The summed E-state index contributed by atoms with van der Waals surface area (Å²) in [7, 11) is -1.93. The highest BCUT2D eigenvalue weighted by Gasteiger charge is 2.19. The molecule has 0 aliphatic rings. The number of rotatable bonds is 7. The molecule has 0 unspecified atom stereocenters. The number of hydrogen-bond acceptors (Lipinski definition) is 4. The Morgan fingerprint density at radius 2 is 2.05 bits per heavy atom. The summed E-state index contributed by atoms with van der Waals surface area (Å²) in [5.74, 6) is 0.176. The molecular weight excluding hydrogens is 287 g/mol. The van der Waals surface area contributed by atoms with Crippen molar-refractivity contribution in [1.29, 1.82) is 0 Å². The van der Waals surface area contributed by atoms with Crippen LogP contribution in [0.2, 0.25) is 0 Å². The third kappa shape index (κ3) is 4.45. The average molecular weight is 306 g/mol. The summed E-state index contributed by atoms with van der Waals surface area (Å²) in [5, 5.41) is 2.88. The van der Waals surface area contributed by atoms with Crippen LogP contribution in [0.1, 0.15) is 11.1 Å². The summed E-state index contributed by atoms with van der Waals surface area (Å²) in [6, 6.07) is 2.86. The zero-order chi connectivity index (χ0) is 14.5. The van der Waals surface area contributed by atoms with E-state index >= 15 is 0 Å². The molecule has 0 fully saturated rings. The predicted octanol–water partition coefficient (Wildman–Crippen LogP) is 1.49. The smallest absolute Gasteiger partial charge is 0.240 e. The van der Waals surface area contributed by atoms with E-state index in [0.717, 1.165) is 0 Å². The molecule has 7 heteroatoms. The van der Waals surface area contributed by atoms with E-state index in [0.29, 0.717) is 24.4 Å². The molecule has 0 saturated heterocycles. The Morgan fingerprint density at radius 3 is 2.63 bits per heavy atom. The van der Waals surface area contributed by atoms with E-state index in [9.17, 15) is 12.8 Å². The lowest BCUT2D eigenvalue weighted by molar-refractivity contribution is 0.575. The van der Waals surface area contributed by atoms with Crippen LogP contribution in [-0.4, -0.2) is 34.0 Å². The number of benzene rings is 1. The van der Waals surface area contributed by atoms with Crippen LogP contribution in [0, 0.1) is 12.7 Å². The largest absolute Gasteiger partial charge is 0.316 e. The van der Waals surface area contributed by atoms with Crippen LogP contribution in [0.15, 0.2) is 17.0 Å². The zero-order valence-corrected chi connectivity index (χ0v) is 12.9. The number of hydrogen-bond donors (Lipinski definition) is 2. The number of halogens is 1. The highest BCUT2D eigenvalue weighted by Crippen LogP contribution is 2.20. The second-order valence-electron chi connectivity index (χ2n) is 4.12. The highest BCUT2D eigenvalue weighted by molar-refractivity contribution is 7.98. The summed E-state index contributed by atoms with van der Waals surface area (Å²) < 4.78 is 40.5. The first-order chi connectivity index (χ1) is 8.92. The Morgan fingerprint density at radius 1 is 1.37 bits per heavy atom. The van der Waals surface area contributed by atoms with Crippen LogP contribution in [0.4, 0.5) is 4.39 Å². The van der Waals surface area contributed by atoms with Gasteiger partial charge < -0.3 is 5.32 Å². The molecule has 19 heavy (non-hydrogen) atoms. The maximum Gasteiger partial charge on any atom is 0.240 e. The molecule has 1 aromatic rings. The lowest BCUT2D eigenvalue weighted by atomic mass is 10.1. The van der Waals surface area contributed by atoms with Gasteiger partial charge in [-0.1, -0.05) is 0 Å². The molecule has 0 saturated carbocycles. The minimum atomic E-state index is -3.66. The standard InChI is InChI=1S/C12H19FN2O2S2/c1-9-11(13)6-10(8-14-2)7-12(9)19(16,17)15-4-5-18-3/h6-7,14-15H,4-5,8H2,1-3H3. The molecule has 2 N–H and O–H groups in total. The fourth-order valence-corrected chi connectivity index (χ4v) is 3.42. The van der Waals surface area contributed by atoms with E-state index in [2.05, 4.69) is 10.0 Å². The minimum absolute atomic E-state index is 0.0128. The monoisotopic (exact) mass is 306 g/mol. The van der Waals surface area contributed by atoms with E-state index in [1.165, 1.54) is 19.1 Å². The Labute approximate surface area is 118 Å². The first-order valence-corrected chi connectivity index (χ1v) is 8.72. The molecule has 4 nitrogen and oxygen atoms in total. The predicted molar refractivity (Wildman–Crippen MR) is 77.5 cm³/mol. The molecule has 1 rings (SSSR count). The summed E-state index contributed by atoms with van der Waals surface area (Å²) in [5.41, 5.74) is 0.757. The number of nitrogens with one attached hydrogen (secondary N) is 2. The number of thioether (sulfide) groups is 1.